The summed E-state index contributed by atoms with van der Waals surface area (Å²) in [5, 5.41) is 12.3. The fourth-order valence-corrected chi connectivity index (χ4v) is 4.42. The molecule has 1 fully saturated rings. The number of fused-ring (bicyclic) bond motifs is 3. The molecule has 6 nitrogen and oxygen atoms in total. The van der Waals surface area contributed by atoms with Gasteiger partial charge in [0.05, 0.1) is 0 Å². The largest absolute Gasteiger partial charge is 0.480 e. The van der Waals surface area contributed by atoms with Crippen molar-refractivity contribution in [3.63, 3.8) is 0 Å². The van der Waals surface area contributed by atoms with Gasteiger partial charge in [-0.3, -0.25) is 0 Å². The maximum absolute atomic E-state index is 12.5. The van der Waals surface area contributed by atoms with E-state index in [1.54, 1.807) is 0 Å². The lowest BCUT2D eigenvalue weighted by Crippen LogP contribution is -2.53. The summed E-state index contributed by atoms with van der Waals surface area (Å²) in [6, 6.07) is 15.2. The molecular weight excluding hydrogens is 370 g/mol. The lowest BCUT2D eigenvalue weighted by Gasteiger charge is -2.38. The predicted octanol–water partition coefficient (Wildman–Crippen LogP) is 3.80. The third-order valence-corrected chi connectivity index (χ3v) is 6.18. The van der Waals surface area contributed by atoms with Crippen molar-refractivity contribution in [1.82, 2.24) is 5.32 Å². The second-order valence-electron chi connectivity index (χ2n) is 8.01. The highest BCUT2D eigenvalue weighted by Crippen LogP contribution is 2.44. The first-order valence-corrected chi connectivity index (χ1v) is 9.92. The summed E-state index contributed by atoms with van der Waals surface area (Å²) in [6.07, 6.45) is 0.452. The topological polar surface area (TPSA) is 84.9 Å². The van der Waals surface area contributed by atoms with Crippen LogP contribution >= 0.6 is 0 Å². The molecule has 0 radical (unpaired) electrons. The van der Waals surface area contributed by atoms with E-state index in [1.165, 1.54) is 0 Å². The van der Waals surface area contributed by atoms with E-state index in [0.29, 0.717) is 26.1 Å². The monoisotopic (exact) mass is 395 g/mol. The highest BCUT2D eigenvalue weighted by Gasteiger charge is 2.42. The Morgan fingerprint density at radius 2 is 1.66 bits per heavy atom. The highest BCUT2D eigenvalue weighted by atomic mass is 16.5. The molecule has 0 saturated carbocycles. The number of aliphatic carboxylic acids is 1. The number of carboxylic acid groups (broad SMARTS) is 1. The Labute approximate surface area is 169 Å². The number of carbonyl (C=O) groups is 2. The number of nitrogens with one attached hydrogen (secondary N) is 1. The van der Waals surface area contributed by atoms with Crippen molar-refractivity contribution < 1.29 is 24.2 Å². The Morgan fingerprint density at radius 1 is 1.10 bits per heavy atom. The van der Waals surface area contributed by atoms with Crippen LogP contribution in [0.25, 0.3) is 11.1 Å². The highest BCUT2D eigenvalue weighted by molar-refractivity contribution is 5.81. The molecule has 1 atom stereocenters. The molecule has 1 heterocycles. The normalized spacial score (nSPS) is 18.4. The van der Waals surface area contributed by atoms with Gasteiger partial charge < -0.3 is 19.9 Å². The minimum absolute atomic E-state index is 0.0601. The van der Waals surface area contributed by atoms with E-state index in [-0.39, 0.29) is 12.5 Å². The summed E-state index contributed by atoms with van der Waals surface area (Å²) < 4.78 is 10.9. The van der Waals surface area contributed by atoms with Crippen LogP contribution in [0.4, 0.5) is 4.79 Å². The number of hydrogen-bond donors (Lipinski definition) is 2. The van der Waals surface area contributed by atoms with Gasteiger partial charge in [-0.2, -0.15) is 0 Å². The predicted molar refractivity (Wildman–Crippen MR) is 108 cm³/mol. The van der Waals surface area contributed by atoms with Crippen LogP contribution in [0.5, 0.6) is 0 Å². The molecule has 4 rings (SSSR count). The molecule has 1 aliphatic heterocycles. The van der Waals surface area contributed by atoms with Crippen molar-refractivity contribution >= 4 is 12.1 Å². The molecule has 0 aromatic heterocycles. The first-order valence-electron chi connectivity index (χ1n) is 9.92. The minimum Gasteiger partial charge on any atom is -0.480 e. The Kier molecular flexibility index (Phi) is 5.28. The molecular formula is C23H25NO5. The number of alkyl carbamates (subject to hydrolysis) is 1. The Bertz CT molecular complexity index is 873. The molecule has 0 bridgehead atoms. The number of carboxylic acids is 1. The molecule has 1 saturated heterocycles. The molecule has 2 aliphatic rings. The number of amides is 1. The molecule has 2 aromatic carbocycles. The standard InChI is InChI=1S/C23H25NO5/c1-23(10-12-28-13-11-23)20(21(25)26)24-22(27)29-14-19-17-8-4-2-6-15(17)16-7-3-5-9-18(16)19/h2-9,19-20H,10-14H2,1H3,(H,24,27)(H,25,26). The number of benzene rings is 2. The van der Waals surface area contributed by atoms with Crippen molar-refractivity contribution in [2.45, 2.75) is 31.7 Å². The quantitative estimate of drug-likeness (QED) is 0.805. The first-order chi connectivity index (χ1) is 14.0. The number of carbonyl (C=O) groups excluding carboxylic acids is 1. The van der Waals surface area contributed by atoms with Crippen LogP contribution in [-0.4, -0.2) is 43.0 Å². The zero-order valence-electron chi connectivity index (χ0n) is 16.4. The number of rotatable bonds is 5. The van der Waals surface area contributed by atoms with Gasteiger partial charge in [-0.1, -0.05) is 55.5 Å². The maximum atomic E-state index is 12.5. The molecule has 29 heavy (non-hydrogen) atoms. The molecule has 1 amide bonds. The van der Waals surface area contributed by atoms with Gasteiger partial charge in [0, 0.05) is 24.5 Å². The summed E-state index contributed by atoms with van der Waals surface area (Å²) in [5.74, 6) is -1.11. The van der Waals surface area contributed by atoms with E-state index in [1.807, 2.05) is 43.3 Å². The SMILES string of the molecule is CC1(C(NC(=O)OCC2c3ccccc3-c3ccccc32)C(=O)O)CCOCC1. The Balaban J connectivity index is 1.46. The van der Waals surface area contributed by atoms with E-state index < -0.39 is 23.5 Å². The Hall–Kier alpha value is -2.86. The van der Waals surface area contributed by atoms with E-state index in [0.717, 1.165) is 22.3 Å². The van der Waals surface area contributed by atoms with Gasteiger partial charge in [-0.15, -0.1) is 0 Å². The van der Waals surface area contributed by atoms with Crippen LogP contribution in [0.3, 0.4) is 0 Å². The zero-order chi connectivity index (χ0) is 20.4. The van der Waals surface area contributed by atoms with Crippen LogP contribution in [0, 0.1) is 5.41 Å². The minimum atomic E-state index is -1.05. The van der Waals surface area contributed by atoms with E-state index in [2.05, 4.69) is 17.4 Å². The first kappa shape index (κ1) is 19.5. The third kappa shape index (κ3) is 3.72. The summed E-state index contributed by atoms with van der Waals surface area (Å²) in [6.45, 7) is 3.02. The second-order valence-corrected chi connectivity index (χ2v) is 8.01. The summed E-state index contributed by atoms with van der Waals surface area (Å²) in [7, 11) is 0. The number of hydrogen-bond acceptors (Lipinski definition) is 4. The van der Waals surface area contributed by atoms with Crippen LogP contribution in [0.15, 0.2) is 48.5 Å². The second kappa shape index (κ2) is 7.87. The van der Waals surface area contributed by atoms with Crippen molar-refractivity contribution in [3.05, 3.63) is 59.7 Å². The van der Waals surface area contributed by atoms with Crippen molar-refractivity contribution in [3.8, 4) is 11.1 Å². The lowest BCUT2D eigenvalue weighted by molar-refractivity contribution is -0.144. The van der Waals surface area contributed by atoms with Gasteiger partial charge in [-0.05, 0) is 35.1 Å². The van der Waals surface area contributed by atoms with Gasteiger partial charge in [0.25, 0.3) is 0 Å². The average molecular weight is 395 g/mol. The Morgan fingerprint density at radius 3 is 2.21 bits per heavy atom. The van der Waals surface area contributed by atoms with Crippen LogP contribution < -0.4 is 5.32 Å². The van der Waals surface area contributed by atoms with Gasteiger partial charge in [0.2, 0.25) is 0 Å². The zero-order valence-corrected chi connectivity index (χ0v) is 16.4. The molecule has 6 heteroatoms. The fourth-order valence-electron chi connectivity index (χ4n) is 4.42. The van der Waals surface area contributed by atoms with E-state index in [4.69, 9.17) is 9.47 Å². The molecule has 2 aromatic rings. The van der Waals surface area contributed by atoms with Crippen LogP contribution in [-0.2, 0) is 14.3 Å². The van der Waals surface area contributed by atoms with Crippen molar-refractivity contribution in [1.29, 1.82) is 0 Å². The van der Waals surface area contributed by atoms with Gasteiger partial charge in [-0.25, -0.2) is 9.59 Å². The van der Waals surface area contributed by atoms with E-state index in [9.17, 15) is 14.7 Å². The summed E-state index contributed by atoms with van der Waals surface area (Å²) >= 11 is 0. The molecule has 0 spiro atoms. The van der Waals surface area contributed by atoms with E-state index >= 15 is 0 Å². The van der Waals surface area contributed by atoms with Gasteiger partial charge in [0.1, 0.15) is 12.6 Å². The number of ether oxygens (including phenoxy) is 2. The van der Waals surface area contributed by atoms with Crippen molar-refractivity contribution in [2.24, 2.45) is 5.41 Å². The summed E-state index contributed by atoms with van der Waals surface area (Å²) in [4.78, 5) is 24.3. The lowest BCUT2D eigenvalue weighted by atomic mass is 9.75. The van der Waals surface area contributed by atoms with Crippen LogP contribution in [0.1, 0.15) is 36.8 Å². The molecule has 152 valence electrons. The fraction of sp³-hybridized carbons (Fsp3) is 0.391. The molecule has 1 aliphatic carbocycles. The summed E-state index contributed by atoms with van der Waals surface area (Å²) in [5.41, 5.74) is 3.97. The third-order valence-electron chi connectivity index (χ3n) is 6.18. The molecule has 1 unspecified atom stereocenters. The van der Waals surface area contributed by atoms with Crippen LogP contribution in [0.2, 0.25) is 0 Å². The van der Waals surface area contributed by atoms with Crippen molar-refractivity contribution in [2.75, 3.05) is 19.8 Å². The van der Waals surface area contributed by atoms with Gasteiger partial charge >= 0.3 is 12.1 Å². The average Bonchev–Trinajstić information content (AvgIpc) is 3.04. The van der Waals surface area contributed by atoms with Gasteiger partial charge in [0.15, 0.2) is 0 Å². The maximum Gasteiger partial charge on any atom is 0.407 e. The molecule has 2 N–H and O–H groups in total. The smallest absolute Gasteiger partial charge is 0.407 e.